The molecule has 1 aromatic heterocycles. The first kappa shape index (κ1) is 15.6. The van der Waals surface area contributed by atoms with Crippen LogP contribution in [0.1, 0.15) is 11.1 Å². The van der Waals surface area contributed by atoms with Crippen LogP contribution in [0.15, 0.2) is 36.5 Å². The largest absolute Gasteiger partial charge is 0.438 e. The summed E-state index contributed by atoms with van der Waals surface area (Å²) in [4.78, 5) is 3.63. The van der Waals surface area contributed by atoms with Crippen molar-refractivity contribution in [1.82, 2.24) is 10.3 Å². The molecule has 0 spiro atoms. The molecule has 21 heavy (non-hydrogen) atoms. The van der Waals surface area contributed by atoms with Gasteiger partial charge in [0.15, 0.2) is 0 Å². The summed E-state index contributed by atoms with van der Waals surface area (Å²) >= 11 is 5.79. The Labute approximate surface area is 124 Å². The topological polar surface area (TPSA) is 34.1 Å². The van der Waals surface area contributed by atoms with E-state index in [2.05, 4.69) is 10.3 Å². The van der Waals surface area contributed by atoms with Gasteiger partial charge < -0.3 is 10.1 Å². The highest BCUT2D eigenvalue weighted by atomic mass is 35.5. The molecular weight excluding hydrogens is 305 g/mol. The molecule has 0 radical (unpaired) electrons. The van der Waals surface area contributed by atoms with E-state index in [0.29, 0.717) is 18.5 Å². The zero-order valence-corrected chi connectivity index (χ0v) is 11.8. The lowest BCUT2D eigenvalue weighted by Crippen LogP contribution is -2.06. The minimum Gasteiger partial charge on any atom is -0.438 e. The van der Waals surface area contributed by atoms with Crippen LogP contribution in [0, 0.1) is 0 Å². The van der Waals surface area contributed by atoms with Crippen LogP contribution < -0.4 is 10.1 Å². The quantitative estimate of drug-likeness (QED) is 0.915. The first-order valence-corrected chi connectivity index (χ1v) is 6.42. The Morgan fingerprint density at radius 3 is 2.67 bits per heavy atom. The molecule has 0 aliphatic carbocycles. The van der Waals surface area contributed by atoms with Crippen molar-refractivity contribution in [2.24, 2.45) is 0 Å². The maximum absolute atomic E-state index is 12.5. The van der Waals surface area contributed by atoms with E-state index in [4.69, 9.17) is 16.3 Å². The van der Waals surface area contributed by atoms with Gasteiger partial charge in [0, 0.05) is 12.7 Å². The van der Waals surface area contributed by atoms with Crippen LogP contribution in [0.3, 0.4) is 0 Å². The average molecular weight is 317 g/mol. The number of ether oxygens (including phenoxy) is 1. The van der Waals surface area contributed by atoms with Crippen LogP contribution in [0.2, 0.25) is 5.02 Å². The molecule has 7 heteroatoms. The fourth-order valence-corrected chi connectivity index (χ4v) is 1.90. The predicted octanol–water partition coefficient (Wildman–Crippen LogP) is 4.27. The van der Waals surface area contributed by atoms with Crippen molar-refractivity contribution < 1.29 is 17.9 Å². The number of rotatable bonds is 4. The molecule has 3 nitrogen and oxygen atoms in total. The number of hydrogen-bond donors (Lipinski definition) is 1. The van der Waals surface area contributed by atoms with Crippen LogP contribution in [-0.2, 0) is 12.7 Å². The van der Waals surface area contributed by atoms with Gasteiger partial charge in [0.2, 0.25) is 5.88 Å². The molecule has 2 aromatic rings. The summed E-state index contributed by atoms with van der Waals surface area (Å²) in [5, 5.41) is 2.80. The number of hydrogen-bond acceptors (Lipinski definition) is 3. The van der Waals surface area contributed by atoms with Crippen molar-refractivity contribution in [3.8, 4) is 11.6 Å². The van der Waals surface area contributed by atoms with Crippen LogP contribution in [0.25, 0.3) is 0 Å². The lowest BCUT2D eigenvalue weighted by Gasteiger charge is -2.10. The van der Waals surface area contributed by atoms with E-state index in [1.807, 2.05) is 13.1 Å². The van der Waals surface area contributed by atoms with E-state index in [1.165, 1.54) is 0 Å². The van der Waals surface area contributed by atoms with E-state index in [0.717, 1.165) is 11.6 Å². The number of halogens is 4. The molecule has 1 heterocycles. The van der Waals surface area contributed by atoms with E-state index >= 15 is 0 Å². The monoisotopic (exact) mass is 316 g/mol. The Morgan fingerprint density at radius 2 is 2.05 bits per heavy atom. The van der Waals surface area contributed by atoms with E-state index in [-0.39, 0.29) is 10.9 Å². The van der Waals surface area contributed by atoms with Gasteiger partial charge >= 0.3 is 6.18 Å². The van der Waals surface area contributed by atoms with Crippen LogP contribution >= 0.6 is 11.6 Å². The van der Waals surface area contributed by atoms with Crippen molar-refractivity contribution in [3.63, 3.8) is 0 Å². The molecule has 0 atom stereocenters. The third kappa shape index (κ3) is 4.09. The highest BCUT2D eigenvalue weighted by molar-refractivity contribution is 6.31. The number of aromatic nitrogens is 1. The molecule has 0 amide bonds. The van der Waals surface area contributed by atoms with Gasteiger partial charge in [-0.3, -0.25) is 0 Å². The molecule has 0 aliphatic rings. The van der Waals surface area contributed by atoms with Gasteiger partial charge in [-0.1, -0.05) is 23.7 Å². The normalized spacial score (nSPS) is 11.5. The Balaban J connectivity index is 2.22. The molecule has 0 bridgehead atoms. The smallest absolute Gasteiger partial charge is 0.417 e. The van der Waals surface area contributed by atoms with Crippen molar-refractivity contribution in [2.75, 3.05) is 7.05 Å². The van der Waals surface area contributed by atoms with Crippen LogP contribution in [0.4, 0.5) is 13.2 Å². The number of pyridine rings is 1. The maximum Gasteiger partial charge on any atom is 0.417 e. The first-order chi connectivity index (χ1) is 9.90. The molecule has 112 valence electrons. The predicted molar refractivity (Wildman–Crippen MR) is 73.5 cm³/mol. The number of nitrogens with zero attached hydrogens (tertiary/aromatic N) is 1. The fraction of sp³-hybridized carbons (Fsp3) is 0.214. The summed E-state index contributed by atoms with van der Waals surface area (Å²) in [6, 6.07) is 7.90. The van der Waals surface area contributed by atoms with Crippen molar-refractivity contribution in [1.29, 1.82) is 0 Å². The van der Waals surface area contributed by atoms with Crippen molar-refractivity contribution in [2.45, 2.75) is 12.7 Å². The molecular formula is C14H12ClF3N2O. The highest BCUT2D eigenvalue weighted by Crippen LogP contribution is 2.34. The van der Waals surface area contributed by atoms with Gasteiger partial charge in [-0.05, 0) is 30.8 Å². The third-order valence-corrected chi connectivity index (χ3v) is 2.90. The highest BCUT2D eigenvalue weighted by Gasteiger charge is 2.31. The molecule has 0 aliphatic heterocycles. The molecule has 0 unspecified atom stereocenters. The fourth-order valence-electron chi connectivity index (χ4n) is 1.69. The molecule has 1 aromatic carbocycles. The Hall–Kier alpha value is -1.79. The summed E-state index contributed by atoms with van der Waals surface area (Å²) in [5.74, 6) is 0.392. The number of nitrogens with one attached hydrogen (secondary N) is 1. The Bertz CT molecular complexity index is 632. The van der Waals surface area contributed by atoms with Crippen LogP contribution in [-0.4, -0.2) is 12.0 Å². The first-order valence-electron chi connectivity index (χ1n) is 6.04. The van der Waals surface area contributed by atoms with Gasteiger partial charge in [0.05, 0.1) is 5.56 Å². The summed E-state index contributed by atoms with van der Waals surface area (Å²) < 4.78 is 43.0. The lowest BCUT2D eigenvalue weighted by molar-refractivity contribution is -0.137. The Kier molecular flexibility index (Phi) is 4.69. The molecule has 0 fully saturated rings. The average Bonchev–Trinajstić information content (AvgIpc) is 2.41. The second-order valence-electron chi connectivity index (χ2n) is 4.29. The standard InChI is InChI=1S/C14H12ClF3N2O/c1-19-7-9-3-2-4-11(5-9)21-13-12(15)6-10(8-20-13)14(16,17)18/h2-6,8,19H,7H2,1H3. The molecule has 0 saturated carbocycles. The number of alkyl halides is 3. The van der Waals surface area contributed by atoms with Gasteiger partial charge in [-0.25, -0.2) is 4.98 Å². The second-order valence-corrected chi connectivity index (χ2v) is 4.70. The second kappa shape index (κ2) is 6.32. The minimum absolute atomic E-state index is 0.0636. The molecule has 1 N–H and O–H groups in total. The van der Waals surface area contributed by atoms with Gasteiger partial charge in [0.25, 0.3) is 0 Å². The summed E-state index contributed by atoms with van der Waals surface area (Å²) in [7, 11) is 1.81. The zero-order chi connectivity index (χ0) is 15.5. The zero-order valence-electron chi connectivity index (χ0n) is 11.0. The van der Waals surface area contributed by atoms with Crippen molar-refractivity contribution >= 4 is 11.6 Å². The summed E-state index contributed by atoms with van der Waals surface area (Å²) in [6.45, 7) is 0.644. The lowest BCUT2D eigenvalue weighted by atomic mass is 10.2. The SMILES string of the molecule is CNCc1cccc(Oc2ncc(C(F)(F)F)cc2Cl)c1. The van der Waals surface area contributed by atoms with Crippen LogP contribution in [0.5, 0.6) is 11.6 Å². The van der Waals surface area contributed by atoms with Gasteiger partial charge in [0.1, 0.15) is 10.8 Å². The number of benzene rings is 1. The third-order valence-electron chi connectivity index (χ3n) is 2.63. The van der Waals surface area contributed by atoms with E-state index in [1.54, 1.807) is 18.2 Å². The summed E-state index contributed by atoms with van der Waals surface area (Å²) in [5.41, 5.74) is 0.0572. The van der Waals surface area contributed by atoms with E-state index < -0.39 is 11.7 Å². The molecule has 0 saturated heterocycles. The summed E-state index contributed by atoms with van der Waals surface area (Å²) in [6.07, 6.45) is -3.79. The van der Waals surface area contributed by atoms with E-state index in [9.17, 15) is 13.2 Å². The molecule has 2 rings (SSSR count). The maximum atomic E-state index is 12.5. The minimum atomic E-state index is -4.48. The Morgan fingerprint density at radius 1 is 1.29 bits per heavy atom. The van der Waals surface area contributed by atoms with Crippen molar-refractivity contribution in [3.05, 3.63) is 52.7 Å². The van der Waals surface area contributed by atoms with Gasteiger partial charge in [-0.2, -0.15) is 13.2 Å². The van der Waals surface area contributed by atoms with Gasteiger partial charge in [-0.15, -0.1) is 0 Å².